The van der Waals surface area contributed by atoms with Crippen LogP contribution in [0.15, 0.2) is 24.5 Å². The van der Waals surface area contributed by atoms with Gasteiger partial charge < -0.3 is 15.2 Å². The van der Waals surface area contributed by atoms with Gasteiger partial charge >= 0.3 is 6.08 Å². The number of phenols is 1. The van der Waals surface area contributed by atoms with Crippen LogP contribution in [0.2, 0.25) is 0 Å². The number of benzene rings is 1. The number of aromatic hydroxyl groups is 1. The second kappa shape index (κ2) is 5.72. The van der Waals surface area contributed by atoms with Gasteiger partial charge in [0, 0.05) is 12.3 Å². The Kier molecular flexibility index (Phi) is 3.53. The third-order valence-electron chi connectivity index (χ3n) is 4.07. The molecule has 1 aromatic carbocycles. The van der Waals surface area contributed by atoms with E-state index in [2.05, 4.69) is 20.3 Å². The zero-order valence-electron chi connectivity index (χ0n) is 13.0. The van der Waals surface area contributed by atoms with Gasteiger partial charge in [-0.15, -0.1) is 0 Å². The summed E-state index contributed by atoms with van der Waals surface area (Å²) < 4.78 is 21.3. The van der Waals surface area contributed by atoms with Crippen LogP contribution < -0.4 is 5.32 Å². The molecule has 124 valence electrons. The topological polar surface area (TPSA) is 85.1 Å². The van der Waals surface area contributed by atoms with Crippen LogP contribution in [0.5, 0.6) is 5.75 Å². The molecule has 1 atom stereocenters. The zero-order valence-corrected chi connectivity index (χ0v) is 13.0. The fourth-order valence-electron chi connectivity index (χ4n) is 2.84. The number of nitrogens with one attached hydrogen (secondary N) is 1. The summed E-state index contributed by atoms with van der Waals surface area (Å²) in [6, 6.07) is 5.00. The van der Waals surface area contributed by atoms with E-state index in [4.69, 9.17) is 4.74 Å². The lowest BCUT2D eigenvalue weighted by Crippen LogP contribution is -2.08. The van der Waals surface area contributed by atoms with E-state index in [1.54, 1.807) is 36.0 Å². The first-order chi connectivity index (χ1) is 11.6. The van der Waals surface area contributed by atoms with Crippen LogP contribution in [-0.4, -0.2) is 31.2 Å². The van der Waals surface area contributed by atoms with Gasteiger partial charge in [0.25, 0.3) is 0 Å². The van der Waals surface area contributed by atoms with Gasteiger partial charge in [0.2, 0.25) is 0 Å². The lowest BCUT2D eigenvalue weighted by atomic mass is 10.2. The first-order valence-corrected chi connectivity index (χ1v) is 7.70. The van der Waals surface area contributed by atoms with Crippen molar-refractivity contribution in [2.24, 2.45) is 0 Å². The normalized spacial score (nSPS) is 17.5. The predicted octanol–water partition coefficient (Wildman–Crippen LogP) is 3.03. The van der Waals surface area contributed by atoms with E-state index < -0.39 is 6.08 Å². The van der Waals surface area contributed by atoms with Crippen molar-refractivity contribution in [2.45, 2.75) is 26.0 Å². The van der Waals surface area contributed by atoms with Crippen molar-refractivity contribution in [2.75, 3.05) is 11.9 Å². The van der Waals surface area contributed by atoms with E-state index in [1.807, 2.05) is 0 Å². The van der Waals surface area contributed by atoms with Crippen molar-refractivity contribution in [3.8, 4) is 5.75 Å². The van der Waals surface area contributed by atoms with Crippen LogP contribution in [0.1, 0.15) is 24.6 Å². The molecule has 3 heterocycles. The molecule has 1 aliphatic rings. The second-order valence-electron chi connectivity index (χ2n) is 5.76. The molecule has 0 amide bonds. The molecule has 1 fully saturated rings. The van der Waals surface area contributed by atoms with E-state index in [-0.39, 0.29) is 17.8 Å². The van der Waals surface area contributed by atoms with Crippen LogP contribution >= 0.6 is 0 Å². The number of aromatic nitrogens is 4. The molecule has 2 aromatic heterocycles. The van der Waals surface area contributed by atoms with Crippen molar-refractivity contribution < 1.29 is 14.2 Å². The molecule has 8 heteroatoms. The van der Waals surface area contributed by atoms with E-state index in [9.17, 15) is 9.50 Å². The van der Waals surface area contributed by atoms with Crippen molar-refractivity contribution in [1.29, 1.82) is 0 Å². The molecule has 2 N–H and O–H groups in total. The Morgan fingerprint density at radius 3 is 3.00 bits per heavy atom. The van der Waals surface area contributed by atoms with Gasteiger partial charge in [-0.05, 0) is 43.5 Å². The van der Waals surface area contributed by atoms with Crippen molar-refractivity contribution in [3.63, 3.8) is 0 Å². The highest BCUT2D eigenvalue weighted by molar-refractivity contribution is 5.85. The number of phenolic OH excluding ortho intramolecular Hbond substituents is 1. The Morgan fingerprint density at radius 2 is 2.25 bits per heavy atom. The second-order valence-corrected chi connectivity index (χ2v) is 5.76. The molecular weight excluding hydrogens is 313 g/mol. The SMILES string of the molecule is Cc1cc(Nc2nc(F)nc3c2ncn3C2CCCO2)ccc1O. The number of hydrogen-bond acceptors (Lipinski definition) is 6. The van der Waals surface area contributed by atoms with Gasteiger partial charge in [-0.25, -0.2) is 4.98 Å². The van der Waals surface area contributed by atoms with Gasteiger partial charge in [0.1, 0.15) is 12.0 Å². The smallest absolute Gasteiger partial charge is 0.312 e. The molecule has 0 spiro atoms. The Hall–Kier alpha value is -2.74. The molecule has 1 unspecified atom stereocenters. The number of hydrogen-bond donors (Lipinski definition) is 2. The minimum atomic E-state index is -0.833. The highest BCUT2D eigenvalue weighted by Crippen LogP contribution is 2.30. The first-order valence-electron chi connectivity index (χ1n) is 7.70. The van der Waals surface area contributed by atoms with Gasteiger partial charge in [-0.3, -0.25) is 4.57 Å². The number of nitrogens with zero attached hydrogens (tertiary/aromatic N) is 4. The molecule has 3 aromatic rings. The average Bonchev–Trinajstić information content (AvgIpc) is 3.19. The maximum atomic E-state index is 13.9. The molecule has 1 aliphatic heterocycles. The number of imidazole rings is 1. The number of ether oxygens (including phenoxy) is 1. The van der Waals surface area contributed by atoms with Crippen LogP contribution in [0.4, 0.5) is 15.9 Å². The van der Waals surface area contributed by atoms with Crippen LogP contribution in [0.25, 0.3) is 11.2 Å². The van der Waals surface area contributed by atoms with Gasteiger partial charge in [0.05, 0.1) is 6.33 Å². The minimum Gasteiger partial charge on any atom is -0.508 e. The van der Waals surface area contributed by atoms with Crippen LogP contribution in [-0.2, 0) is 4.74 Å². The number of aryl methyl sites for hydroxylation is 1. The summed E-state index contributed by atoms with van der Waals surface area (Å²) in [5.41, 5.74) is 2.25. The third kappa shape index (κ3) is 2.54. The zero-order chi connectivity index (χ0) is 16.7. The minimum absolute atomic E-state index is 0.173. The average molecular weight is 329 g/mol. The third-order valence-corrected chi connectivity index (χ3v) is 4.07. The quantitative estimate of drug-likeness (QED) is 0.567. The first kappa shape index (κ1) is 14.8. The standard InChI is InChI=1S/C16H16FN5O2/c1-9-7-10(4-5-11(9)23)19-14-13-15(21-16(17)20-14)22(8-18-13)12-3-2-6-24-12/h4-5,7-8,12,23H,2-3,6H2,1H3,(H,19,20,21). The lowest BCUT2D eigenvalue weighted by molar-refractivity contribution is 0.0592. The molecular formula is C16H16FN5O2. The molecule has 0 saturated carbocycles. The predicted molar refractivity (Wildman–Crippen MR) is 85.6 cm³/mol. The fourth-order valence-corrected chi connectivity index (χ4v) is 2.84. The summed E-state index contributed by atoms with van der Waals surface area (Å²) in [6.07, 6.45) is 2.39. The molecule has 1 saturated heterocycles. The highest BCUT2D eigenvalue weighted by Gasteiger charge is 2.22. The number of rotatable bonds is 3. The maximum absolute atomic E-state index is 13.9. The highest BCUT2D eigenvalue weighted by atomic mass is 19.1. The maximum Gasteiger partial charge on any atom is 0.312 e. The molecule has 0 aliphatic carbocycles. The van der Waals surface area contributed by atoms with Crippen molar-refractivity contribution in [3.05, 3.63) is 36.2 Å². The number of fused-ring (bicyclic) bond motifs is 1. The number of anilines is 2. The molecule has 0 bridgehead atoms. The van der Waals surface area contributed by atoms with E-state index in [0.29, 0.717) is 29.0 Å². The summed E-state index contributed by atoms with van der Waals surface area (Å²) in [5, 5.41) is 12.6. The van der Waals surface area contributed by atoms with Gasteiger partial charge in [-0.1, -0.05) is 0 Å². The van der Waals surface area contributed by atoms with Gasteiger partial charge in [0.15, 0.2) is 17.0 Å². The largest absolute Gasteiger partial charge is 0.508 e. The molecule has 4 rings (SSSR count). The summed E-state index contributed by atoms with van der Waals surface area (Å²) in [7, 11) is 0. The Labute approximate surface area is 137 Å². The molecule has 0 radical (unpaired) electrons. The summed E-state index contributed by atoms with van der Waals surface area (Å²) in [4.78, 5) is 12.0. The lowest BCUT2D eigenvalue weighted by Gasteiger charge is -2.12. The van der Waals surface area contributed by atoms with E-state index in [1.165, 1.54) is 0 Å². The van der Waals surface area contributed by atoms with Crippen molar-refractivity contribution in [1.82, 2.24) is 19.5 Å². The number of halogens is 1. The monoisotopic (exact) mass is 329 g/mol. The summed E-state index contributed by atoms with van der Waals surface area (Å²) in [6.45, 7) is 2.46. The van der Waals surface area contributed by atoms with E-state index >= 15 is 0 Å². The summed E-state index contributed by atoms with van der Waals surface area (Å²) >= 11 is 0. The summed E-state index contributed by atoms with van der Waals surface area (Å²) in [5.74, 6) is 0.474. The Balaban J connectivity index is 1.76. The Morgan fingerprint density at radius 1 is 1.38 bits per heavy atom. The molecule has 24 heavy (non-hydrogen) atoms. The Bertz CT molecular complexity index is 905. The fraction of sp³-hybridized carbons (Fsp3) is 0.312. The van der Waals surface area contributed by atoms with Crippen molar-refractivity contribution >= 4 is 22.7 Å². The van der Waals surface area contributed by atoms with Crippen LogP contribution in [0.3, 0.4) is 0 Å². The van der Waals surface area contributed by atoms with E-state index in [0.717, 1.165) is 12.8 Å². The van der Waals surface area contributed by atoms with Gasteiger partial charge in [-0.2, -0.15) is 14.4 Å². The molecule has 7 nitrogen and oxygen atoms in total. The van der Waals surface area contributed by atoms with Crippen LogP contribution in [0, 0.1) is 13.0 Å².